The largest absolute Gasteiger partial charge is 0.397 e. The van der Waals surface area contributed by atoms with Gasteiger partial charge in [-0.3, -0.25) is 0 Å². The van der Waals surface area contributed by atoms with Crippen LogP contribution in [0.2, 0.25) is 0 Å². The minimum atomic E-state index is 0.0108. The lowest BCUT2D eigenvalue weighted by molar-refractivity contribution is 0.569. The number of anilines is 2. The summed E-state index contributed by atoms with van der Waals surface area (Å²) in [4.78, 5) is 1.88. The van der Waals surface area contributed by atoms with Crippen molar-refractivity contribution in [2.45, 2.75) is 80.1 Å². The highest BCUT2D eigenvalue weighted by atomic mass is 15.0. The number of hydrogen-bond donors (Lipinski definition) is 0. The van der Waals surface area contributed by atoms with Gasteiger partial charge in [0.25, 0.3) is 0 Å². The zero-order valence-corrected chi connectivity index (χ0v) is 18.3. The number of rotatable bonds is 2. The molecule has 0 unspecified atom stereocenters. The maximum absolute atomic E-state index is 6.69. The highest BCUT2D eigenvalue weighted by molar-refractivity contribution is 6.23. The zero-order chi connectivity index (χ0) is 20.0. The third kappa shape index (κ3) is 3.85. The molecule has 2 aromatic rings. The van der Waals surface area contributed by atoms with Crippen LogP contribution in [-0.4, -0.2) is 7.98 Å². The number of hydrogen-bond acceptors (Lipinski definition) is 1. The fourth-order valence-electron chi connectivity index (χ4n) is 3.38. The average Bonchev–Trinajstić information content (AvgIpc) is 2.53. The van der Waals surface area contributed by atoms with Gasteiger partial charge in [-0.05, 0) is 84.0 Å². The van der Waals surface area contributed by atoms with Gasteiger partial charge in [-0.1, -0.05) is 53.7 Å². The Morgan fingerprint density at radius 3 is 1.77 bits per heavy atom. The third-order valence-electron chi connectivity index (χ3n) is 5.64. The second-order valence-corrected chi connectivity index (χ2v) is 9.69. The lowest BCUT2D eigenvalue weighted by Crippen LogP contribution is -2.23. The first-order chi connectivity index (χ1) is 11.7. The fourth-order valence-corrected chi connectivity index (χ4v) is 3.38. The van der Waals surface area contributed by atoms with E-state index in [0.29, 0.717) is 0 Å². The Morgan fingerprint density at radius 1 is 0.692 bits per heavy atom. The first-order valence-electron chi connectivity index (χ1n) is 9.52. The molecule has 0 atom stereocenters. The van der Waals surface area contributed by atoms with Crippen molar-refractivity contribution in [1.82, 2.24) is 0 Å². The van der Waals surface area contributed by atoms with E-state index >= 15 is 0 Å². The van der Waals surface area contributed by atoms with Crippen molar-refractivity contribution < 1.29 is 0 Å². The SMILES string of the molecule is [B]N(c1ccc(C(C)(C)C)cc1C(C)(C)C)c1cc(C)c(C)c(C)c1C. The summed E-state index contributed by atoms with van der Waals surface area (Å²) in [5.41, 5.74) is 10.1. The smallest absolute Gasteiger partial charge is 0.234 e. The van der Waals surface area contributed by atoms with Crippen LogP contribution < -0.4 is 4.81 Å². The van der Waals surface area contributed by atoms with Crippen molar-refractivity contribution in [3.05, 3.63) is 57.6 Å². The molecule has 0 N–H and O–H groups in total. The molecular formula is C24H34BN. The van der Waals surface area contributed by atoms with Crippen LogP contribution in [0.3, 0.4) is 0 Å². The highest BCUT2D eigenvalue weighted by Crippen LogP contribution is 2.39. The van der Waals surface area contributed by atoms with Crippen LogP contribution in [-0.2, 0) is 10.8 Å². The molecule has 1 nitrogen and oxygen atoms in total. The molecule has 2 heteroatoms. The average molecular weight is 347 g/mol. The Morgan fingerprint density at radius 2 is 1.27 bits per heavy atom. The monoisotopic (exact) mass is 347 g/mol. The van der Waals surface area contributed by atoms with Gasteiger partial charge in [0.15, 0.2) is 0 Å². The van der Waals surface area contributed by atoms with Gasteiger partial charge >= 0.3 is 0 Å². The van der Waals surface area contributed by atoms with Crippen LogP contribution >= 0.6 is 0 Å². The number of benzene rings is 2. The van der Waals surface area contributed by atoms with Crippen molar-refractivity contribution >= 4 is 19.4 Å². The van der Waals surface area contributed by atoms with Gasteiger partial charge in [-0.15, -0.1) is 0 Å². The van der Waals surface area contributed by atoms with E-state index in [4.69, 9.17) is 7.98 Å². The maximum Gasteiger partial charge on any atom is 0.234 e. The lowest BCUT2D eigenvalue weighted by atomic mass is 9.79. The van der Waals surface area contributed by atoms with E-state index in [9.17, 15) is 0 Å². The van der Waals surface area contributed by atoms with Crippen molar-refractivity contribution in [3.8, 4) is 0 Å². The summed E-state index contributed by atoms with van der Waals surface area (Å²) in [6.07, 6.45) is 0. The van der Waals surface area contributed by atoms with Crippen molar-refractivity contribution in [2.24, 2.45) is 0 Å². The predicted molar refractivity (Wildman–Crippen MR) is 117 cm³/mol. The summed E-state index contributed by atoms with van der Waals surface area (Å²) >= 11 is 0. The van der Waals surface area contributed by atoms with Crippen LogP contribution in [0.15, 0.2) is 24.3 Å². The Hall–Kier alpha value is -1.70. The Labute approximate surface area is 162 Å². The van der Waals surface area contributed by atoms with Gasteiger partial charge in [0.05, 0.1) is 0 Å². The minimum absolute atomic E-state index is 0.0108. The minimum Gasteiger partial charge on any atom is -0.397 e. The molecule has 0 aliphatic rings. The molecule has 138 valence electrons. The van der Waals surface area contributed by atoms with Crippen molar-refractivity contribution in [2.75, 3.05) is 4.81 Å². The summed E-state index contributed by atoms with van der Waals surface area (Å²) in [6.45, 7) is 22.2. The molecule has 0 bridgehead atoms. The van der Waals surface area contributed by atoms with E-state index in [0.717, 1.165) is 11.4 Å². The molecule has 2 radical (unpaired) electrons. The Bertz CT molecular complexity index is 820. The van der Waals surface area contributed by atoms with Crippen molar-refractivity contribution in [1.29, 1.82) is 0 Å². The summed E-state index contributed by atoms with van der Waals surface area (Å²) < 4.78 is 0. The van der Waals surface area contributed by atoms with Gasteiger partial charge in [0.2, 0.25) is 7.98 Å². The summed E-state index contributed by atoms with van der Waals surface area (Å²) in [6, 6.07) is 8.94. The van der Waals surface area contributed by atoms with Gasteiger partial charge in [-0.2, -0.15) is 0 Å². The van der Waals surface area contributed by atoms with Gasteiger partial charge < -0.3 is 4.81 Å². The van der Waals surface area contributed by atoms with Gasteiger partial charge in [0.1, 0.15) is 0 Å². The fraction of sp³-hybridized carbons (Fsp3) is 0.500. The quantitative estimate of drug-likeness (QED) is 0.544. The molecule has 0 aliphatic heterocycles. The second-order valence-electron chi connectivity index (χ2n) is 9.69. The van der Waals surface area contributed by atoms with Gasteiger partial charge in [0, 0.05) is 11.4 Å². The lowest BCUT2D eigenvalue weighted by Gasteiger charge is -2.33. The van der Waals surface area contributed by atoms with E-state index in [2.05, 4.69) is 93.5 Å². The molecule has 0 aromatic heterocycles. The molecular weight excluding hydrogens is 313 g/mol. The first-order valence-corrected chi connectivity index (χ1v) is 9.52. The third-order valence-corrected chi connectivity index (χ3v) is 5.64. The van der Waals surface area contributed by atoms with Gasteiger partial charge in [-0.25, -0.2) is 0 Å². The van der Waals surface area contributed by atoms with Crippen LogP contribution in [0.25, 0.3) is 0 Å². The molecule has 0 heterocycles. The second kappa shape index (κ2) is 6.80. The van der Waals surface area contributed by atoms with Crippen LogP contribution in [0.1, 0.15) is 74.9 Å². The molecule has 26 heavy (non-hydrogen) atoms. The molecule has 2 rings (SSSR count). The van der Waals surface area contributed by atoms with Crippen LogP contribution in [0.5, 0.6) is 0 Å². The van der Waals surface area contributed by atoms with E-state index in [1.165, 1.54) is 33.4 Å². The predicted octanol–water partition coefficient (Wildman–Crippen LogP) is 6.74. The molecule has 0 saturated heterocycles. The highest BCUT2D eigenvalue weighted by Gasteiger charge is 2.24. The van der Waals surface area contributed by atoms with E-state index in [1.807, 2.05) is 4.81 Å². The molecule has 0 saturated carbocycles. The molecule has 0 spiro atoms. The summed E-state index contributed by atoms with van der Waals surface area (Å²) in [5.74, 6) is 0. The maximum atomic E-state index is 6.69. The van der Waals surface area contributed by atoms with E-state index < -0.39 is 0 Å². The van der Waals surface area contributed by atoms with E-state index in [-0.39, 0.29) is 10.8 Å². The molecule has 0 amide bonds. The van der Waals surface area contributed by atoms with Crippen molar-refractivity contribution in [3.63, 3.8) is 0 Å². The van der Waals surface area contributed by atoms with Crippen LogP contribution in [0, 0.1) is 27.7 Å². The number of aryl methyl sites for hydroxylation is 1. The zero-order valence-electron chi connectivity index (χ0n) is 18.3. The molecule has 2 aromatic carbocycles. The first kappa shape index (κ1) is 20.6. The Balaban J connectivity index is 2.69. The van der Waals surface area contributed by atoms with Crippen LogP contribution in [0.4, 0.5) is 11.4 Å². The normalized spacial score (nSPS) is 12.4. The summed E-state index contributed by atoms with van der Waals surface area (Å²) in [7, 11) is 6.69. The topological polar surface area (TPSA) is 3.24 Å². The standard InChI is InChI=1S/C24H34BN/c1-15-13-22(18(4)17(3)16(15)2)26(25)21-12-11-19(23(5,6)7)14-20(21)24(8,9)10/h11-14H,1-10H3. The van der Waals surface area contributed by atoms with E-state index in [1.54, 1.807) is 0 Å². The molecule has 0 fully saturated rings. The molecule has 0 aliphatic carbocycles. The number of nitrogens with zero attached hydrogens (tertiary/aromatic N) is 1. The Kier molecular flexibility index (Phi) is 5.39. The summed E-state index contributed by atoms with van der Waals surface area (Å²) in [5, 5.41) is 0.